The molecule has 0 fully saturated rings. The predicted octanol–water partition coefficient (Wildman–Crippen LogP) is 5.42. The molecule has 0 heterocycles. The van der Waals surface area contributed by atoms with Gasteiger partial charge >= 0.3 is 0 Å². The molecular formula is C25H27ClN2O3S. The molecule has 0 aliphatic rings. The SMILES string of the molecule is CCC(NC(=O)CN(c1ccc(C)cc1)S(=O)(=O)c1ccc(Cl)cc1)c1ccc(C)cc1. The topological polar surface area (TPSA) is 66.5 Å². The highest BCUT2D eigenvalue weighted by Crippen LogP contribution is 2.25. The second-order valence-corrected chi connectivity index (χ2v) is 10.0. The number of amides is 1. The largest absolute Gasteiger partial charge is 0.348 e. The van der Waals surface area contributed by atoms with Crippen molar-refractivity contribution in [3.05, 3.63) is 94.5 Å². The van der Waals surface area contributed by atoms with Crippen LogP contribution in [0.15, 0.2) is 77.7 Å². The van der Waals surface area contributed by atoms with Gasteiger partial charge in [-0.2, -0.15) is 0 Å². The zero-order chi connectivity index (χ0) is 23.3. The highest BCUT2D eigenvalue weighted by molar-refractivity contribution is 7.92. The van der Waals surface area contributed by atoms with Crippen LogP contribution < -0.4 is 9.62 Å². The van der Waals surface area contributed by atoms with Gasteiger partial charge in [0.2, 0.25) is 5.91 Å². The van der Waals surface area contributed by atoms with Gasteiger partial charge < -0.3 is 5.32 Å². The third-order valence-corrected chi connectivity index (χ3v) is 7.27. The van der Waals surface area contributed by atoms with Gasteiger partial charge in [0.05, 0.1) is 16.6 Å². The van der Waals surface area contributed by atoms with Crippen molar-refractivity contribution >= 4 is 33.2 Å². The van der Waals surface area contributed by atoms with E-state index in [0.29, 0.717) is 17.1 Å². The van der Waals surface area contributed by atoms with Gasteiger partial charge in [0.25, 0.3) is 10.0 Å². The van der Waals surface area contributed by atoms with Gasteiger partial charge in [-0.3, -0.25) is 9.10 Å². The van der Waals surface area contributed by atoms with Crippen LogP contribution in [0.25, 0.3) is 0 Å². The normalized spacial score (nSPS) is 12.2. The first-order chi connectivity index (χ1) is 15.2. The summed E-state index contributed by atoms with van der Waals surface area (Å²) in [4.78, 5) is 13.1. The number of benzene rings is 3. The average Bonchev–Trinajstić information content (AvgIpc) is 2.77. The molecule has 0 aliphatic carbocycles. The Bertz CT molecular complexity index is 1160. The molecule has 3 aromatic rings. The third kappa shape index (κ3) is 5.69. The fourth-order valence-corrected chi connectivity index (χ4v) is 4.90. The number of hydrogen-bond acceptors (Lipinski definition) is 3. The number of anilines is 1. The lowest BCUT2D eigenvalue weighted by Gasteiger charge is -2.26. The van der Waals surface area contributed by atoms with Crippen molar-refractivity contribution in [2.45, 2.75) is 38.1 Å². The molecule has 0 aliphatic heterocycles. The van der Waals surface area contributed by atoms with E-state index in [1.807, 2.05) is 57.2 Å². The molecule has 7 heteroatoms. The summed E-state index contributed by atoms with van der Waals surface area (Å²) >= 11 is 5.93. The minimum absolute atomic E-state index is 0.0702. The van der Waals surface area contributed by atoms with Crippen LogP contribution in [0.5, 0.6) is 0 Å². The molecule has 0 bridgehead atoms. The van der Waals surface area contributed by atoms with Crippen LogP contribution in [0, 0.1) is 13.8 Å². The van der Waals surface area contributed by atoms with Crippen molar-refractivity contribution in [3.8, 4) is 0 Å². The second kappa shape index (κ2) is 10.2. The van der Waals surface area contributed by atoms with Crippen molar-refractivity contribution in [2.24, 2.45) is 0 Å². The number of sulfonamides is 1. The first kappa shape index (κ1) is 23.8. The quantitative estimate of drug-likeness (QED) is 0.478. The van der Waals surface area contributed by atoms with Crippen molar-refractivity contribution < 1.29 is 13.2 Å². The Hall–Kier alpha value is -2.83. The first-order valence-corrected chi connectivity index (χ1v) is 12.2. The molecule has 0 spiro atoms. The summed E-state index contributed by atoms with van der Waals surface area (Å²) in [5.74, 6) is -0.379. The number of hydrogen-bond donors (Lipinski definition) is 1. The molecule has 5 nitrogen and oxygen atoms in total. The van der Waals surface area contributed by atoms with Crippen LogP contribution >= 0.6 is 11.6 Å². The Kier molecular flexibility index (Phi) is 7.59. The lowest BCUT2D eigenvalue weighted by molar-refractivity contribution is -0.120. The zero-order valence-corrected chi connectivity index (χ0v) is 20.0. The Labute approximate surface area is 195 Å². The lowest BCUT2D eigenvalue weighted by Crippen LogP contribution is -2.42. The summed E-state index contributed by atoms with van der Waals surface area (Å²) in [5.41, 5.74) is 3.53. The molecule has 0 aromatic heterocycles. The van der Waals surface area contributed by atoms with Crippen LogP contribution in [0.3, 0.4) is 0 Å². The Morgan fingerprint density at radius 2 is 1.44 bits per heavy atom. The summed E-state index contributed by atoms with van der Waals surface area (Å²) in [6, 6.07) is 20.7. The number of halogens is 1. The molecule has 1 unspecified atom stereocenters. The van der Waals surface area contributed by atoms with Gasteiger partial charge in [-0.1, -0.05) is 66.0 Å². The number of carbonyl (C=O) groups is 1. The van der Waals surface area contributed by atoms with Crippen molar-refractivity contribution in [1.82, 2.24) is 5.32 Å². The maximum absolute atomic E-state index is 13.4. The molecule has 0 radical (unpaired) electrons. The molecule has 168 valence electrons. The summed E-state index contributed by atoms with van der Waals surface area (Å²) in [6.45, 7) is 5.57. The summed E-state index contributed by atoms with van der Waals surface area (Å²) < 4.78 is 28.0. The van der Waals surface area contributed by atoms with E-state index in [2.05, 4.69) is 5.32 Å². The van der Waals surface area contributed by atoms with Gasteiger partial charge in [-0.15, -0.1) is 0 Å². The van der Waals surface area contributed by atoms with Crippen molar-refractivity contribution in [3.63, 3.8) is 0 Å². The average molecular weight is 471 g/mol. The molecule has 32 heavy (non-hydrogen) atoms. The van der Waals surface area contributed by atoms with Gasteiger partial charge in [0.1, 0.15) is 6.54 Å². The second-order valence-electron chi connectivity index (χ2n) is 7.74. The Morgan fingerprint density at radius 3 is 1.97 bits per heavy atom. The van der Waals surface area contributed by atoms with Crippen molar-refractivity contribution in [1.29, 1.82) is 0 Å². The van der Waals surface area contributed by atoms with Gasteiger partial charge in [0.15, 0.2) is 0 Å². The standard InChI is InChI=1S/C25H27ClN2O3S/c1-4-24(20-9-5-18(2)6-10-20)27-25(29)17-28(22-13-7-19(3)8-14-22)32(30,31)23-15-11-21(26)12-16-23/h5-16,24H,4,17H2,1-3H3,(H,27,29). The van der Waals surface area contributed by atoms with E-state index in [0.717, 1.165) is 21.0 Å². The van der Waals surface area contributed by atoms with E-state index in [-0.39, 0.29) is 23.4 Å². The maximum Gasteiger partial charge on any atom is 0.264 e. The smallest absolute Gasteiger partial charge is 0.264 e. The highest BCUT2D eigenvalue weighted by Gasteiger charge is 2.28. The van der Waals surface area contributed by atoms with E-state index >= 15 is 0 Å². The third-order valence-electron chi connectivity index (χ3n) is 5.23. The molecule has 0 saturated carbocycles. The monoisotopic (exact) mass is 470 g/mol. The Morgan fingerprint density at radius 1 is 0.906 bits per heavy atom. The molecule has 1 atom stereocenters. The van der Waals surface area contributed by atoms with Crippen LogP contribution in [0.2, 0.25) is 5.02 Å². The zero-order valence-electron chi connectivity index (χ0n) is 18.4. The molecule has 1 N–H and O–H groups in total. The first-order valence-electron chi connectivity index (χ1n) is 10.4. The highest BCUT2D eigenvalue weighted by atomic mass is 35.5. The fraction of sp³-hybridized carbons (Fsp3) is 0.240. The molecule has 0 saturated heterocycles. The van der Waals surface area contributed by atoms with Crippen LogP contribution in [-0.2, 0) is 14.8 Å². The minimum Gasteiger partial charge on any atom is -0.348 e. The van der Waals surface area contributed by atoms with E-state index in [1.165, 1.54) is 24.3 Å². The number of nitrogens with zero attached hydrogens (tertiary/aromatic N) is 1. The van der Waals surface area contributed by atoms with Gasteiger partial charge in [0, 0.05) is 5.02 Å². The summed E-state index contributed by atoms with van der Waals surface area (Å²) in [5, 5.41) is 3.42. The summed E-state index contributed by atoms with van der Waals surface area (Å²) in [6.07, 6.45) is 0.684. The number of carbonyl (C=O) groups excluding carboxylic acids is 1. The maximum atomic E-state index is 13.4. The molecule has 1 amide bonds. The van der Waals surface area contributed by atoms with Crippen LogP contribution in [0.1, 0.15) is 36.1 Å². The van der Waals surface area contributed by atoms with E-state index in [1.54, 1.807) is 12.1 Å². The lowest BCUT2D eigenvalue weighted by atomic mass is 10.0. The number of rotatable bonds is 8. The number of nitrogens with one attached hydrogen (secondary N) is 1. The van der Waals surface area contributed by atoms with E-state index in [9.17, 15) is 13.2 Å². The van der Waals surface area contributed by atoms with E-state index in [4.69, 9.17) is 11.6 Å². The predicted molar refractivity (Wildman–Crippen MR) is 130 cm³/mol. The fourth-order valence-electron chi connectivity index (χ4n) is 3.35. The minimum atomic E-state index is -3.98. The summed E-state index contributed by atoms with van der Waals surface area (Å²) in [7, 11) is -3.98. The Balaban J connectivity index is 1.89. The van der Waals surface area contributed by atoms with E-state index < -0.39 is 10.0 Å². The van der Waals surface area contributed by atoms with Gasteiger partial charge in [-0.25, -0.2) is 8.42 Å². The van der Waals surface area contributed by atoms with Crippen LogP contribution in [-0.4, -0.2) is 20.9 Å². The van der Waals surface area contributed by atoms with Crippen molar-refractivity contribution in [2.75, 3.05) is 10.8 Å². The van der Waals surface area contributed by atoms with Crippen LogP contribution in [0.4, 0.5) is 5.69 Å². The molecule has 3 rings (SSSR count). The van der Waals surface area contributed by atoms with Gasteiger partial charge in [-0.05, 0) is 62.2 Å². The molecular weight excluding hydrogens is 444 g/mol. The number of aryl methyl sites for hydroxylation is 2. The molecule has 3 aromatic carbocycles.